The van der Waals surface area contributed by atoms with Crippen LogP contribution in [-0.4, -0.2) is 62.7 Å². The van der Waals surface area contributed by atoms with Gasteiger partial charge in [-0.05, 0) is 70.9 Å². The standard InChI is InChI=1S/C20H32N2O2S/c1-18-8-10-20(11-9-18)25(23,24)17-19(22-14-6-3-7-15-22)16-21-12-4-2-5-13-21/h8-11,19H,2-7,12-17H2,1H3/t19-/m0/s1. The van der Waals surface area contributed by atoms with Crippen LogP contribution in [0.5, 0.6) is 0 Å². The van der Waals surface area contributed by atoms with Gasteiger partial charge < -0.3 is 4.90 Å². The van der Waals surface area contributed by atoms with Gasteiger partial charge in [-0.15, -0.1) is 0 Å². The average Bonchev–Trinajstić information content (AvgIpc) is 2.63. The zero-order chi connectivity index (χ0) is 17.7. The van der Waals surface area contributed by atoms with Crippen LogP contribution < -0.4 is 0 Å². The Bertz CT molecular complexity index is 630. The number of benzene rings is 1. The number of piperidine rings is 2. The molecule has 0 saturated carbocycles. The van der Waals surface area contributed by atoms with Gasteiger partial charge in [-0.25, -0.2) is 8.42 Å². The van der Waals surface area contributed by atoms with Crippen molar-refractivity contribution in [2.75, 3.05) is 38.5 Å². The Balaban J connectivity index is 1.74. The normalized spacial score (nSPS) is 22.0. The largest absolute Gasteiger partial charge is 0.302 e. The van der Waals surface area contributed by atoms with Gasteiger partial charge in [-0.2, -0.15) is 0 Å². The Morgan fingerprint density at radius 2 is 1.44 bits per heavy atom. The van der Waals surface area contributed by atoms with Gasteiger partial charge >= 0.3 is 0 Å². The summed E-state index contributed by atoms with van der Waals surface area (Å²) in [4.78, 5) is 5.39. The number of rotatable bonds is 6. The highest BCUT2D eigenvalue weighted by Crippen LogP contribution is 2.20. The van der Waals surface area contributed by atoms with Crippen molar-refractivity contribution in [3.05, 3.63) is 29.8 Å². The molecule has 0 unspecified atom stereocenters. The summed E-state index contributed by atoms with van der Waals surface area (Å²) in [5, 5.41) is 0. The van der Waals surface area contributed by atoms with Crippen LogP contribution in [0.3, 0.4) is 0 Å². The lowest BCUT2D eigenvalue weighted by Crippen LogP contribution is -2.50. The molecule has 0 bridgehead atoms. The van der Waals surface area contributed by atoms with E-state index in [1.807, 2.05) is 19.1 Å². The molecule has 3 rings (SSSR count). The van der Waals surface area contributed by atoms with Crippen LogP contribution in [0, 0.1) is 6.92 Å². The van der Waals surface area contributed by atoms with E-state index < -0.39 is 9.84 Å². The van der Waals surface area contributed by atoms with Crippen molar-refractivity contribution >= 4 is 9.84 Å². The monoisotopic (exact) mass is 364 g/mol. The molecule has 0 aromatic heterocycles. The molecule has 0 radical (unpaired) electrons. The van der Waals surface area contributed by atoms with Crippen molar-refractivity contribution in [3.63, 3.8) is 0 Å². The second kappa shape index (κ2) is 8.65. The Hall–Kier alpha value is -0.910. The maximum atomic E-state index is 13.0. The SMILES string of the molecule is Cc1ccc(S(=O)(=O)C[C@H](CN2CCCCC2)N2CCCCC2)cc1. The lowest BCUT2D eigenvalue weighted by molar-refractivity contribution is 0.119. The maximum Gasteiger partial charge on any atom is 0.179 e. The van der Waals surface area contributed by atoms with Crippen LogP contribution in [0.25, 0.3) is 0 Å². The minimum Gasteiger partial charge on any atom is -0.302 e. The van der Waals surface area contributed by atoms with Crippen molar-refractivity contribution in [2.24, 2.45) is 0 Å². The van der Waals surface area contributed by atoms with Gasteiger partial charge in [0, 0.05) is 12.6 Å². The van der Waals surface area contributed by atoms with E-state index in [1.165, 1.54) is 38.5 Å². The summed E-state index contributed by atoms with van der Waals surface area (Å²) in [6.45, 7) is 7.21. The molecule has 0 amide bonds. The number of sulfone groups is 1. The van der Waals surface area contributed by atoms with E-state index in [2.05, 4.69) is 9.80 Å². The first kappa shape index (κ1) is 18.9. The van der Waals surface area contributed by atoms with Gasteiger partial charge in [0.1, 0.15) is 0 Å². The zero-order valence-electron chi connectivity index (χ0n) is 15.5. The van der Waals surface area contributed by atoms with Gasteiger partial charge in [0.05, 0.1) is 10.6 Å². The first-order valence-corrected chi connectivity index (χ1v) is 11.5. The highest BCUT2D eigenvalue weighted by molar-refractivity contribution is 7.91. The first-order chi connectivity index (χ1) is 12.0. The second-order valence-corrected chi connectivity index (χ2v) is 9.74. The molecule has 0 spiro atoms. The average molecular weight is 365 g/mol. The minimum atomic E-state index is -3.24. The van der Waals surface area contributed by atoms with Crippen LogP contribution >= 0.6 is 0 Å². The summed E-state index contributed by atoms with van der Waals surface area (Å²) < 4.78 is 26.0. The topological polar surface area (TPSA) is 40.6 Å². The van der Waals surface area contributed by atoms with E-state index in [0.717, 1.165) is 38.3 Å². The molecule has 140 valence electrons. The molecule has 2 fully saturated rings. The van der Waals surface area contributed by atoms with E-state index in [9.17, 15) is 8.42 Å². The van der Waals surface area contributed by atoms with E-state index in [4.69, 9.17) is 0 Å². The molecular weight excluding hydrogens is 332 g/mol. The lowest BCUT2D eigenvalue weighted by atomic mass is 10.1. The molecule has 2 aliphatic rings. The predicted molar refractivity (Wildman–Crippen MR) is 103 cm³/mol. The fourth-order valence-corrected chi connectivity index (χ4v) is 5.66. The van der Waals surface area contributed by atoms with Crippen LogP contribution in [0.15, 0.2) is 29.2 Å². The van der Waals surface area contributed by atoms with Crippen molar-refractivity contribution in [1.82, 2.24) is 9.80 Å². The Morgan fingerprint density at radius 3 is 2.04 bits per heavy atom. The summed E-state index contributed by atoms with van der Waals surface area (Å²) in [6.07, 6.45) is 7.47. The fourth-order valence-electron chi connectivity index (χ4n) is 4.09. The van der Waals surface area contributed by atoms with Gasteiger partial charge in [0.15, 0.2) is 9.84 Å². The second-order valence-electron chi connectivity index (χ2n) is 7.71. The number of likely N-dealkylation sites (tertiary alicyclic amines) is 2. The Labute approximate surface area is 153 Å². The minimum absolute atomic E-state index is 0.115. The smallest absolute Gasteiger partial charge is 0.179 e. The van der Waals surface area contributed by atoms with Gasteiger partial charge in [-0.3, -0.25) is 4.90 Å². The molecular formula is C20H32N2O2S. The summed E-state index contributed by atoms with van der Waals surface area (Å²) >= 11 is 0. The number of nitrogens with zero attached hydrogens (tertiary/aromatic N) is 2. The molecule has 5 heteroatoms. The summed E-state index contributed by atoms with van der Waals surface area (Å²) in [7, 11) is -3.24. The fraction of sp³-hybridized carbons (Fsp3) is 0.700. The molecule has 4 nitrogen and oxygen atoms in total. The third-order valence-corrected chi connectivity index (χ3v) is 7.43. The van der Waals surface area contributed by atoms with Crippen LogP contribution in [0.1, 0.15) is 44.1 Å². The summed E-state index contributed by atoms with van der Waals surface area (Å²) in [5.74, 6) is 0.243. The zero-order valence-corrected chi connectivity index (χ0v) is 16.3. The molecule has 1 atom stereocenters. The summed E-state index contributed by atoms with van der Waals surface area (Å²) in [6, 6.07) is 7.43. The van der Waals surface area contributed by atoms with Crippen LogP contribution in [0.2, 0.25) is 0 Å². The third kappa shape index (κ3) is 5.28. The first-order valence-electron chi connectivity index (χ1n) is 9.80. The molecule has 2 heterocycles. The van der Waals surface area contributed by atoms with E-state index in [0.29, 0.717) is 4.90 Å². The molecule has 2 aliphatic heterocycles. The number of aryl methyl sites for hydroxylation is 1. The summed E-state index contributed by atoms with van der Waals surface area (Å²) in [5.41, 5.74) is 1.10. The highest BCUT2D eigenvalue weighted by atomic mass is 32.2. The quantitative estimate of drug-likeness (QED) is 0.778. The van der Waals surface area contributed by atoms with Crippen molar-refractivity contribution in [3.8, 4) is 0 Å². The number of hydrogen-bond acceptors (Lipinski definition) is 4. The number of hydrogen-bond donors (Lipinski definition) is 0. The molecule has 25 heavy (non-hydrogen) atoms. The third-order valence-electron chi connectivity index (χ3n) is 5.62. The highest BCUT2D eigenvalue weighted by Gasteiger charge is 2.29. The van der Waals surface area contributed by atoms with Gasteiger partial charge in [-0.1, -0.05) is 30.5 Å². The van der Waals surface area contributed by atoms with E-state index >= 15 is 0 Å². The molecule has 1 aromatic carbocycles. The van der Waals surface area contributed by atoms with E-state index in [-0.39, 0.29) is 11.8 Å². The van der Waals surface area contributed by atoms with E-state index in [1.54, 1.807) is 12.1 Å². The Kier molecular flexibility index (Phi) is 6.53. The van der Waals surface area contributed by atoms with Crippen LogP contribution in [0.4, 0.5) is 0 Å². The lowest BCUT2D eigenvalue weighted by Gasteiger charge is -2.38. The predicted octanol–water partition coefficient (Wildman–Crippen LogP) is 3.11. The Morgan fingerprint density at radius 1 is 0.880 bits per heavy atom. The maximum absolute atomic E-state index is 13.0. The van der Waals surface area contributed by atoms with Crippen molar-refractivity contribution in [1.29, 1.82) is 0 Å². The molecule has 0 aliphatic carbocycles. The molecule has 2 saturated heterocycles. The van der Waals surface area contributed by atoms with Crippen molar-refractivity contribution in [2.45, 2.75) is 56.4 Å². The van der Waals surface area contributed by atoms with Gasteiger partial charge in [0.25, 0.3) is 0 Å². The van der Waals surface area contributed by atoms with Crippen molar-refractivity contribution < 1.29 is 8.42 Å². The molecule has 0 N–H and O–H groups in total. The van der Waals surface area contributed by atoms with Crippen LogP contribution in [-0.2, 0) is 9.84 Å². The molecule has 1 aromatic rings. The van der Waals surface area contributed by atoms with Gasteiger partial charge in [0.2, 0.25) is 0 Å².